The van der Waals surface area contributed by atoms with Crippen LogP contribution in [0.5, 0.6) is 0 Å². The normalized spacial score (nSPS) is 11.8. The summed E-state index contributed by atoms with van der Waals surface area (Å²) in [5, 5.41) is 11.9. The molecule has 0 fully saturated rings. The van der Waals surface area contributed by atoms with Gasteiger partial charge in [0.25, 0.3) is 0 Å². The predicted octanol–water partition coefficient (Wildman–Crippen LogP) is 3.88. The minimum absolute atomic E-state index is 0.186. The lowest BCUT2D eigenvalue weighted by Crippen LogP contribution is -2.11. The highest BCUT2D eigenvalue weighted by molar-refractivity contribution is 7.10. The van der Waals surface area contributed by atoms with E-state index in [9.17, 15) is 4.79 Å². The number of carbonyl (C=O) groups is 1. The number of ketones is 1. The van der Waals surface area contributed by atoms with Gasteiger partial charge in [0.15, 0.2) is 11.7 Å². The molecule has 1 atom stereocenters. The second-order valence-corrected chi connectivity index (χ2v) is 5.33. The van der Waals surface area contributed by atoms with E-state index in [2.05, 4.69) is 4.98 Å². The van der Waals surface area contributed by atoms with Crippen molar-refractivity contribution >= 4 is 40.3 Å². The summed E-state index contributed by atoms with van der Waals surface area (Å²) in [6.45, 7) is 0. The Labute approximate surface area is 124 Å². The standard InChI is InChI=1S/C13H8Cl2N2OS/c14-5-12(18)10(6-16)13-17-11(7-19-13)8-1-3-9(15)4-2-8/h1-4,7,10H,5H2/t10-/m0/s1. The first-order valence-corrected chi connectivity index (χ1v) is 7.14. The molecule has 0 aliphatic carbocycles. The number of nitrogens with zero attached hydrogens (tertiary/aromatic N) is 2. The van der Waals surface area contributed by atoms with E-state index in [-0.39, 0.29) is 11.7 Å². The maximum atomic E-state index is 11.5. The van der Waals surface area contributed by atoms with Crippen LogP contribution in [0, 0.1) is 11.3 Å². The molecule has 0 saturated carbocycles. The molecule has 1 aromatic heterocycles. The first kappa shape index (κ1) is 14.0. The molecule has 0 aliphatic heterocycles. The van der Waals surface area contributed by atoms with Crippen LogP contribution in [0.2, 0.25) is 5.02 Å². The number of benzene rings is 1. The molecule has 0 N–H and O–H groups in total. The fraction of sp³-hybridized carbons (Fsp3) is 0.154. The summed E-state index contributed by atoms with van der Waals surface area (Å²) in [4.78, 5) is 15.9. The third-order valence-electron chi connectivity index (χ3n) is 2.49. The zero-order valence-corrected chi connectivity index (χ0v) is 12.0. The van der Waals surface area contributed by atoms with E-state index in [0.717, 1.165) is 11.3 Å². The number of aromatic nitrogens is 1. The van der Waals surface area contributed by atoms with Gasteiger partial charge >= 0.3 is 0 Å². The molecule has 2 aromatic rings. The molecule has 1 heterocycles. The molecule has 0 aliphatic rings. The molecular formula is C13H8Cl2N2OS. The molecule has 6 heteroatoms. The molecule has 96 valence electrons. The number of carbonyl (C=O) groups excluding carboxylic acids is 1. The number of halogens is 2. The van der Waals surface area contributed by atoms with Gasteiger partial charge in [0.2, 0.25) is 0 Å². The van der Waals surface area contributed by atoms with Crippen molar-refractivity contribution in [3.8, 4) is 17.3 Å². The van der Waals surface area contributed by atoms with E-state index in [0.29, 0.717) is 10.0 Å². The Hall–Kier alpha value is -1.41. The second kappa shape index (κ2) is 6.16. The summed E-state index contributed by atoms with van der Waals surface area (Å²) in [6.07, 6.45) is 0. The molecule has 19 heavy (non-hydrogen) atoms. The van der Waals surface area contributed by atoms with Crippen LogP contribution in [0.15, 0.2) is 29.6 Å². The molecule has 1 aromatic carbocycles. The zero-order chi connectivity index (χ0) is 13.8. The average molecular weight is 311 g/mol. The van der Waals surface area contributed by atoms with Crippen molar-refractivity contribution in [2.75, 3.05) is 5.88 Å². The predicted molar refractivity (Wildman–Crippen MR) is 76.6 cm³/mol. The highest BCUT2D eigenvalue weighted by atomic mass is 35.5. The van der Waals surface area contributed by atoms with Gasteiger partial charge in [-0.2, -0.15) is 5.26 Å². The Balaban J connectivity index is 2.31. The molecule has 0 amide bonds. The highest BCUT2D eigenvalue weighted by Crippen LogP contribution is 2.27. The Morgan fingerprint density at radius 3 is 2.68 bits per heavy atom. The van der Waals surface area contributed by atoms with Gasteiger partial charge < -0.3 is 0 Å². The van der Waals surface area contributed by atoms with Crippen molar-refractivity contribution < 1.29 is 4.79 Å². The lowest BCUT2D eigenvalue weighted by molar-refractivity contribution is -0.117. The Morgan fingerprint density at radius 2 is 2.11 bits per heavy atom. The largest absolute Gasteiger partial charge is 0.296 e. The molecule has 3 nitrogen and oxygen atoms in total. The van der Waals surface area contributed by atoms with Crippen molar-refractivity contribution in [1.82, 2.24) is 4.98 Å². The van der Waals surface area contributed by atoms with Crippen LogP contribution in [0.3, 0.4) is 0 Å². The van der Waals surface area contributed by atoms with Gasteiger partial charge in [-0.05, 0) is 12.1 Å². The van der Waals surface area contributed by atoms with Crippen molar-refractivity contribution in [3.05, 3.63) is 39.7 Å². The minimum atomic E-state index is -0.886. The lowest BCUT2D eigenvalue weighted by atomic mass is 10.1. The summed E-state index contributed by atoms with van der Waals surface area (Å²) in [5.41, 5.74) is 1.61. The van der Waals surface area contributed by atoms with E-state index in [1.807, 2.05) is 23.6 Å². The number of thiazole rings is 1. The smallest absolute Gasteiger partial charge is 0.171 e. The monoisotopic (exact) mass is 310 g/mol. The second-order valence-electron chi connectivity index (χ2n) is 3.74. The molecular weight excluding hydrogens is 303 g/mol. The van der Waals surface area contributed by atoms with Gasteiger partial charge in [-0.25, -0.2) is 4.98 Å². The fourth-order valence-electron chi connectivity index (χ4n) is 1.52. The summed E-state index contributed by atoms with van der Waals surface area (Å²) in [6, 6.07) is 9.15. The summed E-state index contributed by atoms with van der Waals surface area (Å²) >= 11 is 12.6. The van der Waals surface area contributed by atoms with Gasteiger partial charge in [0, 0.05) is 16.0 Å². The van der Waals surface area contributed by atoms with E-state index < -0.39 is 5.92 Å². The quantitative estimate of drug-likeness (QED) is 0.805. The number of Topliss-reactive ketones (excluding diaryl/α,β-unsaturated/α-hetero) is 1. The van der Waals surface area contributed by atoms with Crippen LogP contribution in [0.25, 0.3) is 11.3 Å². The Bertz CT molecular complexity index is 631. The number of hydrogen-bond acceptors (Lipinski definition) is 4. The zero-order valence-electron chi connectivity index (χ0n) is 9.64. The topological polar surface area (TPSA) is 53.8 Å². The highest BCUT2D eigenvalue weighted by Gasteiger charge is 2.22. The van der Waals surface area contributed by atoms with E-state index in [4.69, 9.17) is 28.5 Å². The number of alkyl halides is 1. The molecule has 0 radical (unpaired) electrons. The maximum Gasteiger partial charge on any atom is 0.171 e. The van der Waals surface area contributed by atoms with Crippen molar-refractivity contribution in [2.24, 2.45) is 0 Å². The molecule has 0 saturated heterocycles. The van der Waals surface area contributed by atoms with Gasteiger partial charge in [-0.3, -0.25) is 4.79 Å². The van der Waals surface area contributed by atoms with Gasteiger partial charge in [-0.1, -0.05) is 23.7 Å². The van der Waals surface area contributed by atoms with Crippen LogP contribution in [-0.2, 0) is 4.79 Å². The number of rotatable bonds is 4. The average Bonchev–Trinajstić information content (AvgIpc) is 2.89. The van der Waals surface area contributed by atoms with E-state index >= 15 is 0 Å². The Morgan fingerprint density at radius 1 is 1.42 bits per heavy atom. The van der Waals surface area contributed by atoms with Crippen LogP contribution in [0.1, 0.15) is 10.9 Å². The van der Waals surface area contributed by atoms with Crippen molar-refractivity contribution in [1.29, 1.82) is 5.26 Å². The molecule has 0 unspecified atom stereocenters. The minimum Gasteiger partial charge on any atom is -0.296 e. The third kappa shape index (κ3) is 3.13. The Kier molecular flexibility index (Phi) is 4.54. The van der Waals surface area contributed by atoms with Crippen molar-refractivity contribution in [2.45, 2.75) is 5.92 Å². The van der Waals surface area contributed by atoms with Crippen LogP contribution in [0.4, 0.5) is 0 Å². The van der Waals surface area contributed by atoms with E-state index in [1.54, 1.807) is 12.1 Å². The molecule has 0 bridgehead atoms. The number of nitriles is 1. The summed E-state index contributed by atoms with van der Waals surface area (Å²) in [7, 11) is 0. The van der Waals surface area contributed by atoms with Crippen molar-refractivity contribution in [3.63, 3.8) is 0 Å². The van der Waals surface area contributed by atoms with E-state index in [1.165, 1.54) is 11.3 Å². The van der Waals surface area contributed by atoms with Gasteiger partial charge in [0.1, 0.15) is 5.01 Å². The summed E-state index contributed by atoms with van der Waals surface area (Å²) in [5.74, 6) is -1.40. The molecule has 0 spiro atoms. The lowest BCUT2D eigenvalue weighted by Gasteiger charge is -2.01. The van der Waals surface area contributed by atoms with Gasteiger partial charge in [0.05, 0.1) is 17.6 Å². The third-order valence-corrected chi connectivity index (χ3v) is 3.92. The van der Waals surface area contributed by atoms with Crippen LogP contribution >= 0.6 is 34.5 Å². The van der Waals surface area contributed by atoms with Crippen LogP contribution in [-0.4, -0.2) is 16.6 Å². The summed E-state index contributed by atoms with van der Waals surface area (Å²) < 4.78 is 0. The SMILES string of the molecule is N#C[C@@H](C(=O)CCl)c1nc(-c2ccc(Cl)cc2)cs1. The fourth-order valence-corrected chi connectivity index (χ4v) is 2.69. The maximum absolute atomic E-state index is 11.5. The number of hydrogen-bond donors (Lipinski definition) is 0. The molecule has 2 rings (SSSR count). The first-order chi connectivity index (χ1) is 9.15. The van der Waals surface area contributed by atoms with Gasteiger partial charge in [-0.15, -0.1) is 22.9 Å². The van der Waals surface area contributed by atoms with Crippen LogP contribution < -0.4 is 0 Å². The first-order valence-electron chi connectivity index (χ1n) is 5.35.